The van der Waals surface area contributed by atoms with Gasteiger partial charge in [-0.2, -0.15) is 0 Å². The summed E-state index contributed by atoms with van der Waals surface area (Å²) >= 11 is 0. The van der Waals surface area contributed by atoms with Crippen molar-refractivity contribution in [3.8, 4) is 0 Å². The highest BCUT2D eigenvalue weighted by atomic mass is 35.5. The van der Waals surface area contributed by atoms with Gasteiger partial charge in [-0.15, -0.1) is 12.4 Å². The monoisotopic (exact) mass is 371 g/mol. The van der Waals surface area contributed by atoms with Crippen LogP contribution in [0.25, 0.3) is 0 Å². The maximum absolute atomic E-state index is 13.1. The molecule has 1 fully saturated rings. The van der Waals surface area contributed by atoms with Gasteiger partial charge in [-0.25, -0.2) is 4.39 Å². The second kappa shape index (κ2) is 9.51. The maximum atomic E-state index is 13.1. The number of amides is 1. The average Bonchev–Trinajstić information content (AvgIpc) is 2.56. The lowest BCUT2D eigenvalue weighted by atomic mass is 9.92. The van der Waals surface area contributed by atoms with Crippen molar-refractivity contribution in [2.24, 2.45) is 11.1 Å². The predicted octanol–water partition coefficient (Wildman–Crippen LogP) is 3.05. The molecule has 1 aromatic carbocycles. The van der Waals surface area contributed by atoms with Crippen molar-refractivity contribution in [1.82, 2.24) is 9.80 Å². The molecule has 142 valence electrons. The highest BCUT2D eigenvalue weighted by Crippen LogP contribution is 2.23. The van der Waals surface area contributed by atoms with Gasteiger partial charge in [-0.1, -0.05) is 32.4 Å². The highest BCUT2D eigenvalue weighted by Gasteiger charge is 2.32. The number of nitrogens with zero attached hydrogens (tertiary/aromatic N) is 2. The van der Waals surface area contributed by atoms with E-state index in [0.717, 1.165) is 31.4 Å². The van der Waals surface area contributed by atoms with Gasteiger partial charge < -0.3 is 10.6 Å². The smallest absolute Gasteiger partial charge is 0.239 e. The fourth-order valence-corrected chi connectivity index (χ4v) is 3.32. The Kier molecular flexibility index (Phi) is 8.32. The van der Waals surface area contributed by atoms with Gasteiger partial charge in [0.25, 0.3) is 0 Å². The van der Waals surface area contributed by atoms with E-state index in [9.17, 15) is 9.18 Å². The lowest BCUT2D eigenvalue weighted by Gasteiger charge is -2.38. The lowest BCUT2D eigenvalue weighted by molar-refractivity contribution is -0.138. The summed E-state index contributed by atoms with van der Waals surface area (Å²) in [6, 6.07) is 6.46. The molecule has 6 heteroatoms. The van der Waals surface area contributed by atoms with Crippen molar-refractivity contribution in [1.29, 1.82) is 0 Å². The van der Waals surface area contributed by atoms with Gasteiger partial charge in [-0.05, 0) is 49.0 Å². The molecule has 1 amide bonds. The van der Waals surface area contributed by atoms with Gasteiger partial charge >= 0.3 is 0 Å². The first-order valence-corrected chi connectivity index (χ1v) is 8.76. The van der Waals surface area contributed by atoms with E-state index < -0.39 is 0 Å². The van der Waals surface area contributed by atoms with Gasteiger partial charge in [0, 0.05) is 20.1 Å². The van der Waals surface area contributed by atoms with Gasteiger partial charge in [0.1, 0.15) is 5.82 Å². The van der Waals surface area contributed by atoms with Crippen LogP contribution in [-0.2, 0) is 11.3 Å². The number of rotatable bonds is 6. The second-order valence-corrected chi connectivity index (χ2v) is 7.67. The van der Waals surface area contributed by atoms with Gasteiger partial charge in [0.05, 0.1) is 6.04 Å². The van der Waals surface area contributed by atoms with Crippen LogP contribution in [0.1, 0.15) is 38.7 Å². The van der Waals surface area contributed by atoms with Crippen molar-refractivity contribution >= 4 is 18.3 Å². The zero-order chi connectivity index (χ0) is 17.7. The molecule has 0 saturated carbocycles. The zero-order valence-corrected chi connectivity index (χ0v) is 16.3. The first-order valence-electron chi connectivity index (χ1n) is 8.76. The quantitative estimate of drug-likeness (QED) is 0.836. The second-order valence-electron chi connectivity index (χ2n) is 7.67. The zero-order valence-electron chi connectivity index (χ0n) is 15.5. The molecular formula is C19H31ClFN3O. The molecule has 0 bridgehead atoms. The Morgan fingerprint density at radius 2 is 1.96 bits per heavy atom. The largest absolute Gasteiger partial charge is 0.344 e. The molecule has 1 unspecified atom stereocenters. The van der Waals surface area contributed by atoms with E-state index in [1.54, 1.807) is 12.1 Å². The first kappa shape index (κ1) is 21.9. The Bertz CT molecular complexity index is 550. The van der Waals surface area contributed by atoms with Crippen molar-refractivity contribution < 1.29 is 9.18 Å². The molecule has 2 rings (SSSR count). The van der Waals surface area contributed by atoms with Crippen LogP contribution in [0.4, 0.5) is 4.39 Å². The molecule has 1 aliphatic rings. The molecule has 1 heterocycles. The van der Waals surface area contributed by atoms with Crippen LogP contribution >= 0.6 is 12.4 Å². The van der Waals surface area contributed by atoms with Crippen LogP contribution in [0.15, 0.2) is 24.3 Å². The molecule has 25 heavy (non-hydrogen) atoms. The Morgan fingerprint density at radius 1 is 1.32 bits per heavy atom. The molecule has 0 radical (unpaired) electrons. The molecule has 0 aliphatic carbocycles. The van der Waals surface area contributed by atoms with Crippen LogP contribution < -0.4 is 5.73 Å². The van der Waals surface area contributed by atoms with Crippen molar-refractivity contribution in [3.05, 3.63) is 35.6 Å². The Labute approximate surface area is 157 Å². The fourth-order valence-electron chi connectivity index (χ4n) is 3.32. The van der Waals surface area contributed by atoms with Gasteiger partial charge in [0.15, 0.2) is 0 Å². The normalized spacial score (nSPS) is 18.5. The van der Waals surface area contributed by atoms with Gasteiger partial charge in [0.2, 0.25) is 5.91 Å². The average molecular weight is 372 g/mol. The van der Waals surface area contributed by atoms with Crippen LogP contribution in [0.3, 0.4) is 0 Å². The van der Waals surface area contributed by atoms with E-state index in [2.05, 4.69) is 18.7 Å². The summed E-state index contributed by atoms with van der Waals surface area (Å²) in [5.41, 5.74) is 6.76. The number of carbonyl (C=O) groups is 1. The van der Waals surface area contributed by atoms with Crippen LogP contribution in [0.2, 0.25) is 0 Å². The van der Waals surface area contributed by atoms with E-state index in [4.69, 9.17) is 5.73 Å². The third-order valence-corrected chi connectivity index (χ3v) is 4.79. The fraction of sp³-hybridized carbons (Fsp3) is 0.632. The topological polar surface area (TPSA) is 49.6 Å². The molecule has 1 aromatic rings. The highest BCUT2D eigenvalue weighted by molar-refractivity contribution is 5.85. The Hall–Kier alpha value is -1.17. The number of piperidine rings is 1. The summed E-state index contributed by atoms with van der Waals surface area (Å²) in [7, 11) is 1.87. The molecule has 1 aliphatic heterocycles. The molecule has 1 atom stereocenters. The van der Waals surface area contributed by atoms with Crippen LogP contribution in [0, 0.1) is 11.2 Å². The number of hydrogen-bond acceptors (Lipinski definition) is 3. The Balaban J connectivity index is 0.00000312. The summed E-state index contributed by atoms with van der Waals surface area (Å²) in [6.07, 6.45) is 3.06. The van der Waals surface area contributed by atoms with E-state index in [1.807, 2.05) is 11.9 Å². The standard InChI is InChI=1S/C19H30FN3O.ClH/c1-19(2,13-21)14-22(3)18(24)17-6-4-5-11-23(17)12-15-7-9-16(20)10-8-15;/h7-10,17H,4-6,11-14,21H2,1-3H3;1H. The summed E-state index contributed by atoms with van der Waals surface area (Å²) in [5.74, 6) is -0.0629. The summed E-state index contributed by atoms with van der Waals surface area (Å²) in [4.78, 5) is 17.0. The number of nitrogens with two attached hydrogens (primary N) is 1. The number of hydrogen-bond donors (Lipinski definition) is 1. The lowest BCUT2D eigenvalue weighted by Crippen LogP contribution is -2.51. The maximum Gasteiger partial charge on any atom is 0.239 e. The van der Waals surface area contributed by atoms with E-state index >= 15 is 0 Å². The van der Waals surface area contributed by atoms with Crippen molar-refractivity contribution in [2.75, 3.05) is 26.7 Å². The van der Waals surface area contributed by atoms with Crippen molar-refractivity contribution in [2.45, 2.75) is 45.7 Å². The number of benzene rings is 1. The first-order chi connectivity index (χ1) is 11.3. The molecule has 2 N–H and O–H groups in total. The molecule has 4 nitrogen and oxygen atoms in total. The number of halogens is 2. The predicted molar refractivity (Wildman–Crippen MR) is 102 cm³/mol. The van der Waals surface area contributed by atoms with E-state index in [-0.39, 0.29) is 35.6 Å². The minimum absolute atomic E-state index is 0. The minimum atomic E-state index is -0.228. The van der Waals surface area contributed by atoms with Crippen molar-refractivity contribution in [3.63, 3.8) is 0 Å². The molecule has 0 spiro atoms. The number of carbonyl (C=O) groups excluding carboxylic acids is 1. The molecular weight excluding hydrogens is 341 g/mol. The Morgan fingerprint density at radius 3 is 2.56 bits per heavy atom. The third kappa shape index (κ3) is 6.24. The van der Waals surface area contributed by atoms with Crippen LogP contribution in [-0.4, -0.2) is 48.4 Å². The molecule has 0 aromatic heterocycles. The summed E-state index contributed by atoms with van der Waals surface area (Å²) < 4.78 is 13.1. The third-order valence-electron chi connectivity index (χ3n) is 4.79. The minimum Gasteiger partial charge on any atom is -0.344 e. The van der Waals surface area contributed by atoms with E-state index in [1.165, 1.54) is 12.1 Å². The van der Waals surface area contributed by atoms with E-state index in [0.29, 0.717) is 19.6 Å². The summed E-state index contributed by atoms with van der Waals surface area (Å²) in [5, 5.41) is 0. The van der Waals surface area contributed by atoms with Gasteiger partial charge in [-0.3, -0.25) is 9.69 Å². The molecule has 1 saturated heterocycles. The SMILES string of the molecule is CN(CC(C)(C)CN)C(=O)C1CCCCN1Cc1ccc(F)cc1.Cl. The summed E-state index contributed by atoms with van der Waals surface area (Å²) in [6.45, 7) is 6.95. The van der Waals surface area contributed by atoms with Crippen LogP contribution in [0.5, 0.6) is 0 Å². The number of likely N-dealkylation sites (tertiary alicyclic amines) is 1. The number of likely N-dealkylation sites (N-methyl/N-ethyl adjacent to an activating group) is 1.